The molecule has 2 heterocycles. The number of nitrogens with one attached hydrogen (secondary N) is 1. The Kier molecular flexibility index (Phi) is 6.49. The van der Waals surface area contributed by atoms with E-state index in [-0.39, 0.29) is 5.37 Å². The second-order valence-electron chi connectivity index (χ2n) is 12.6. The van der Waals surface area contributed by atoms with Gasteiger partial charge in [-0.3, -0.25) is 0 Å². The van der Waals surface area contributed by atoms with E-state index < -0.39 is 0 Å². The SMILES string of the molecule is c1ccc(C2Nc3ccc4ccc5cc(N(c6ccccc6)c6ccccc6-c6ccc7c(c6)oc6ccccc67)ccc5c4c3S2)cc1. The van der Waals surface area contributed by atoms with Crippen LogP contribution < -0.4 is 10.2 Å². The molecule has 0 saturated carbocycles. The topological polar surface area (TPSA) is 28.4 Å². The highest BCUT2D eigenvalue weighted by Gasteiger charge is 2.26. The molecule has 10 rings (SSSR count). The van der Waals surface area contributed by atoms with E-state index in [1.807, 2.05) is 23.9 Å². The molecule has 0 saturated heterocycles. The fourth-order valence-electron chi connectivity index (χ4n) is 7.36. The van der Waals surface area contributed by atoms with Gasteiger partial charge in [0.1, 0.15) is 16.5 Å². The van der Waals surface area contributed by atoms with Crippen molar-refractivity contribution >= 4 is 78.0 Å². The third-order valence-electron chi connectivity index (χ3n) is 9.67. The third kappa shape index (κ3) is 4.67. The third-order valence-corrected chi connectivity index (χ3v) is 11.0. The van der Waals surface area contributed by atoms with Gasteiger partial charge in [0.2, 0.25) is 0 Å². The lowest BCUT2D eigenvalue weighted by Gasteiger charge is -2.28. The number of fused-ring (bicyclic) bond motifs is 8. The summed E-state index contributed by atoms with van der Waals surface area (Å²) in [6.07, 6.45) is 0. The highest BCUT2D eigenvalue weighted by Crippen LogP contribution is 2.51. The first-order chi connectivity index (χ1) is 24.3. The number of thioether (sulfide) groups is 1. The zero-order valence-electron chi connectivity index (χ0n) is 26.5. The zero-order valence-corrected chi connectivity index (χ0v) is 27.3. The van der Waals surface area contributed by atoms with Crippen LogP contribution in [0.2, 0.25) is 0 Å². The molecule has 0 radical (unpaired) electrons. The van der Waals surface area contributed by atoms with Crippen LogP contribution >= 0.6 is 11.8 Å². The number of anilines is 4. The normalized spacial score (nSPS) is 14.0. The summed E-state index contributed by atoms with van der Waals surface area (Å²) in [4.78, 5) is 3.69. The van der Waals surface area contributed by atoms with Crippen LogP contribution in [0, 0.1) is 0 Å². The zero-order chi connectivity index (χ0) is 32.3. The Bertz CT molecular complexity index is 2680. The van der Waals surface area contributed by atoms with Crippen molar-refractivity contribution in [3.8, 4) is 11.1 Å². The monoisotopic (exact) mass is 646 g/mol. The van der Waals surface area contributed by atoms with Crippen molar-refractivity contribution < 1.29 is 4.42 Å². The molecule has 0 spiro atoms. The van der Waals surface area contributed by atoms with E-state index in [2.05, 4.69) is 168 Å². The van der Waals surface area contributed by atoms with Gasteiger partial charge in [0.15, 0.2) is 0 Å². The number of nitrogens with zero attached hydrogens (tertiary/aromatic N) is 1. The van der Waals surface area contributed by atoms with Crippen molar-refractivity contribution in [2.75, 3.05) is 10.2 Å². The molecular formula is C45H30N2OS. The molecule has 4 heteroatoms. The van der Waals surface area contributed by atoms with Gasteiger partial charge in [-0.05, 0) is 81.9 Å². The summed E-state index contributed by atoms with van der Waals surface area (Å²) < 4.78 is 6.31. The van der Waals surface area contributed by atoms with Crippen LogP contribution in [0.15, 0.2) is 179 Å². The van der Waals surface area contributed by atoms with Crippen LogP contribution in [0.25, 0.3) is 54.6 Å². The van der Waals surface area contributed by atoms with Gasteiger partial charge >= 0.3 is 0 Å². The summed E-state index contributed by atoms with van der Waals surface area (Å²) in [5.41, 5.74) is 9.86. The summed E-state index contributed by atoms with van der Waals surface area (Å²) in [7, 11) is 0. The number of rotatable bonds is 5. The molecule has 0 fully saturated rings. The first-order valence-electron chi connectivity index (χ1n) is 16.6. The first kappa shape index (κ1) is 28.1. The largest absolute Gasteiger partial charge is 0.456 e. The Morgan fingerprint density at radius 1 is 0.531 bits per heavy atom. The first-order valence-corrected chi connectivity index (χ1v) is 17.5. The van der Waals surface area contributed by atoms with E-state index in [0.717, 1.165) is 50.1 Å². The average Bonchev–Trinajstić information content (AvgIpc) is 3.77. The summed E-state index contributed by atoms with van der Waals surface area (Å²) in [5.74, 6) is 0. The summed E-state index contributed by atoms with van der Waals surface area (Å²) in [5, 5.41) is 11.3. The van der Waals surface area contributed by atoms with E-state index in [0.29, 0.717) is 0 Å². The van der Waals surface area contributed by atoms with Crippen molar-refractivity contribution in [3.63, 3.8) is 0 Å². The molecule has 1 atom stereocenters. The molecule has 3 nitrogen and oxygen atoms in total. The van der Waals surface area contributed by atoms with Crippen molar-refractivity contribution in [3.05, 3.63) is 175 Å². The quantitative estimate of drug-likeness (QED) is 0.188. The molecule has 1 unspecified atom stereocenters. The van der Waals surface area contributed by atoms with Gasteiger partial charge in [-0.1, -0.05) is 127 Å². The number of furan rings is 1. The van der Waals surface area contributed by atoms with Gasteiger partial charge in [-0.15, -0.1) is 0 Å². The molecule has 1 aliphatic rings. The van der Waals surface area contributed by atoms with Crippen LogP contribution in [-0.2, 0) is 0 Å². The Balaban J connectivity index is 1.12. The summed E-state index contributed by atoms with van der Waals surface area (Å²) in [6.45, 7) is 0. The lowest BCUT2D eigenvalue weighted by Crippen LogP contribution is -2.11. The highest BCUT2D eigenvalue weighted by molar-refractivity contribution is 8.00. The number of para-hydroxylation sites is 3. The van der Waals surface area contributed by atoms with Crippen LogP contribution in [0.3, 0.4) is 0 Å². The molecule has 232 valence electrons. The highest BCUT2D eigenvalue weighted by atomic mass is 32.2. The molecule has 8 aromatic carbocycles. The number of hydrogen-bond donors (Lipinski definition) is 1. The minimum atomic E-state index is 0.195. The molecule has 1 aromatic heterocycles. The van der Waals surface area contributed by atoms with E-state index in [1.54, 1.807) is 0 Å². The fraction of sp³-hybridized carbons (Fsp3) is 0.0222. The maximum Gasteiger partial charge on any atom is 0.136 e. The molecule has 1 aliphatic heterocycles. The molecule has 0 amide bonds. The van der Waals surface area contributed by atoms with E-state index >= 15 is 0 Å². The van der Waals surface area contributed by atoms with Crippen LogP contribution in [-0.4, -0.2) is 0 Å². The molecule has 9 aromatic rings. The Labute approximate surface area is 288 Å². The van der Waals surface area contributed by atoms with E-state index in [1.165, 1.54) is 37.7 Å². The van der Waals surface area contributed by atoms with Crippen molar-refractivity contribution in [1.82, 2.24) is 0 Å². The van der Waals surface area contributed by atoms with Crippen LogP contribution in [0.5, 0.6) is 0 Å². The van der Waals surface area contributed by atoms with E-state index in [9.17, 15) is 0 Å². The molecule has 1 N–H and O–H groups in total. The second kappa shape index (κ2) is 11.3. The van der Waals surface area contributed by atoms with Crippen molar-refractivity contribution in [1.29, 1.82) is 0 Å². The second-order valence-corrected chi connectivity index (χ2v) is 13.7. The van der Waals surface area contributed by atoms with Crippen LogP contribution in [0.1, 0.15) is 10.9 Å². The maximum absolute atomic E-state index is 6.31. The van der Waals surface area contributed by atoms with Gasteiger partial charge in [0.25, 0.3) is 0 Å². The summed E-state index contributed by atoms with van der Waals surface area (Å²) >= 11 is 1.91. The van der Waals surface area contributed by atoms with Crippen molar-refractivity contribution in [2.24, 2.45) is 0 Å². The smallest absolute Gasteiger partial charge is 0.136 e. The Hall–Kier alpha value is -5.97. The lowest BCUT2D eigenvalue weighted by molar-refractivity contribution is 0.669. The predicted molar refractivity (Wildman–Crippen MR) is 208 cm³/mol. The van der Waals surface area contributed by atoms with Crippen molar-refractivity contribution in [2.45, 2.75) is 10.3 Å². The van der Waals surface area contributed by atoms with E-state index in [4.69, 9.17) is 4.42 Å². The van der Waals surface area contributed by atoms with Gasteiger partial charge in [0, 0.05) is 43.7 Å². The fourth-order valence-corrected chi connectivity index (χ4v) is 8.68. The van der Waals surface area contributed by atoms with Gasteiger partial charge < -0.3 is 14.6 Å². The molecule has 0 aliphatic carbocycles. The number of hydrogen-bond acceptors (Lipinski definition) is 4. The standard InChI is InChI=1S/C45H30N2OS/c1-3-11-30(12-4-1)45-46-39-26-22-29-19-20-31-27-34(23-25-36(31)43(29)44(39)49-45)47(33-13-5-2-6-14-33)40-17-9-7-15-35(40)32-21-24-38-37-16-8-10-18-41(37)48-42(38)28-32/h1-28,45-46H. The summed E-state index contributed by atoms with van der Waals surface area (Å²) in [6, 6.07) is 60.8. The van der Waals surface area contributed by atoms with Gasteiger partial charge in [-0.25, -0.2) is 0 Å². The minimum absolute atomic E-state index is 0.195. The Morgan fingerprint density at radius 2 is 1.24 bits per heavy atom. The molecular weight excluding hydrogens is 617 g/mol. The average molecular weight is 647 g/mol. The minimum Gasteiger partial charge on any atom is -0.456 e. The molecule has 49 heavy (non-hydrogen) atoms. The lowest BCUT2D eigenvalue weighted by atomic mass is 9.98. The van der Waals surface area contributed by atoms with Gasteiger partial charge in [0.05, 0.1) is 5.69 Å². The predicted octanol–water partition coefficient (Wildman–Crippen LogP) is 13.2. The van der Waals surface area contributed by atoms with Gasteiger partial charge in [-0.2, -0.15) is 0 Å². The number of benzene rings is 8. The maximum atomic E-state index is 6.31. The van der Waals surface area contributed by atoms with Crippen LogP contribution in [0.4, 0.5) is 22.7 Å². The Morgan fingerprint density at radius 3 is 2.14 bits per heavy atom. The molecule has 0 bridgehead atoms.